The summed E-state index contributed by atoms with van der Waals surface area (Å²) in [4.78, 5) is 2.46. The Morgan fingerprint density at radius 3 is 2.60 bits per heavy atom. The van der Waals surface area contributed by atoms with Gasteiger partial charge in [0, 0.05) is 25.0 Å². The van der Waals surface area contributed by atoms with E-state index in [9.17, 15) is 0 Å². The highest BCUT2D eigenvalue weighted by atomic mass is 16.5. The Morgan fingerprint density at radius 2 is 2.10 bits per heavy atom. The number of hydrogen-bond acceptors (Lipinski definition) is 5. The first-order valence-electron chi connectivity index (χ1n) is 7.63. The maximum absolute atomic E-state index is 5.83. The van der Waals surface area contributed by atoms with Gasteiger partial charge in [-0.15, -0.1) is 10.2 Å². The van der Waals surface area contributed by atoms with Crippen LogP contribution >= 0.6 is 0 Å². The second-order valence-corrected chi connectivity index (χ2v) is 6.20. The van der Waals surface area contributed by atoms with E-state index in [2.05, 4.69) is 42.8 Å². The molecule has 0 amide bonds. The highest BCUT2D eigenvalue weighted by molar-refractivity contribution is 5.04. The molecular weight excluding hydrogens is 254 g/mol. The fourth-order valence-electron chi connectivity index (χ4n) is 3.18. The van der Waals surface area contributed by atoms with Gasteiger partial charge in [-0.25, -0.2) is 0 Å². The van der Waals surface area contributed by atoms with Gasteiger partial charge in [0.2, 0.25) is 11.8 Å². The zero-order chi connectivity index (χ0) is 14.8. The molecule has 1 saturated carbocycles. The summed E-state index contributed by atoms with van der Waals surface area (Å²) in [6, 6.07) is 0.520. The Balaban J connectivity index is 2.02. The molecule has 2 unspecified atom stereocenters. The summed E-state index contributed by atoms with van der Waals surface area (Å²) in [6.45, 7) is 13.3. The normalized spacial score (nSPS) is 24.9. The molecule has 114 valence electrons. The molecule has 0 radical (unpaired) electrons. The van der Waals surface area contributed by atoms with Crippen LogP contribution < -0.4 is 0 Å². The van der Waals surface area contributed by atoms with Crippen molar-refractivity contribution in [2.45, 2.75) is 66.2 Å². The molecule has 0 bridgehead atoms. The first kappa shape index (κ1) is 15.4. The predicted molar refractivity (Wildman–Crippen MR) is 77.3 cm³/mol. The van der Waals surface area contributed by atoms with E-state index in [1.165, 1.54) is 0 Å². The Morgan fingerprint density at radius 1 is 1.35 bits per heavy atom. The molecular formula is C15H27N3O2. The van der Waals surface area contributed by atoms with Gasteiger partial charge in [0.15, 0.2) is 0 Å². The Kier molecular flexibility index (Phi) is 4.81. The Hall–Kier alpha value is -0.940. The van der Waals surface area contributed by atoms with Gasteiger partial charge in [0.25, 0.3) is 0 Å². The molecule has 1 aliphatic rings. The van der Waals surface area contributed by atoms with Crippen molar-refractivity contribution in [3.05, 3.63) is 11.8 Å². The van der Waals surface area contributed by atoms with Gasteiger partial charge in [-0.1, -0.05) is 20.8 Å². The lowest BCUT2D eigenvalue weighted by Gasteiger charge is -2.55. The van der Waals surface area contributed by atoms with Crippen molar-refractivity contribution in [3.8, 4) is 0 Å². The third kappa shape index (κ3) is 3.04. The topological polar surface area (TPSA) is 51.4 Å². The van der Waals surface area contributed by atoms with Gasteiger partial charge in [0.05, 0.1) is 12.6 Å². The molecule has 20 heavy (non-hydrogen) atoms. The van der Waals surface area contributed by atoms with Gasteiger partial charge in [-0.3, -0.25) is 4.90 Å². The van der Waals surface area contributed by atoms with Crippen molar-refractivity contribution in [1.29, 1.82) is 0 Å². The number of ether oxygens (including phenoxy) is 1. The third-order valence-electron chi connectivity index (χ3n) is 4.35. The van der Waals surface area contributed by atoms with Crippen LogP contribution in [0.1, 0.15) is 52.3 Å². The molecule has 0 spiro atoms. The smallest absolute Gasteiger partial charge is 0.230 e. The first-order valence-corrected chi connectivity index (χ1v) is 7.63. The number of aryl methyl sites for hydroxylation is 1. The van der Waals surface area contributed by atoms with E-state index in [1.807, 2.05) is 6.92 Å². The summed E-state index contributed by atoms with van der Waals surface area (Å²) in [6.07, 6.45) is 2.58. The molecule has 0 aromatic carbocycles. The van der Waals surface area contributed by atoms with Crippen molar-refractivity contribution < 1.29 is 9.15 Å². The molecule has 0 aliphatic heterocycles. The largest absolute Gasteiger partial charge is 0.424 e. The van der Waals surface area contributed by atoms with Crippen molar-refractivity contribution >= 4 is 0 Å². The summed E-state index contributed by atoms with van der Waals surface area (Å²) < 4.78 is 11.4. The van der Waals surface area contributed by atoms with Crippen molar-refractivity contribution in [3.63, 3.8) is 0 Å². The van der Waals surface area contributed by atoms with Crippen LogP contribution in [0.5, 0.6) is 0 Å². The third-order valence-corrected chi connectivity index (χ3v) is 4.35. The molecule has 2 atom stereocenters. The predicted octanol–water partition coefficient (Wildman–Crippen LogP) is 2.79. The first-order chi connectivity index (χ1) is 9.48. The van der Waals surface area contributed by atoms with Gasteiger partial charge < -0.3 is 9.15 Å². The molecule has 1 heterocycles. The van der Waals surface area contributed by atoms with Crippen molar-refractivity contribution in [2.75, 3.05) is 13.2 Å². The molecule has 0 saturated heterocycles. The quantitative estimate of drug-likeness (QED) is 0.769. The van der Waals surface area contributed by atoms with Crippen LogP contribution in [0.2, 0.25) is 0 Å². The SMILES string of the molecule is CCCN(Cc1nnc(C)o1)C1CC(OCC)C1(C)C. The number of nitrogens with zero attached hydrogens (tertiary/aromatic N) is 3. The maximum atomic E-state index is 5.83. The molecule has 5 nitrogen and oxygen atoms in total. The van der Waals surface area contributed by atoms with Crippen molar-refractivity contribution in [1.82, 2.24) is 15.1 Å². The standard InChI is InChI=1S/C15H27N3O2/c1-6-8-18(10-14-17-16-11(3)20-14)12-9-13(19-7-2)15(12,4)5/h12-13H,6-10H2,1-5H3. The Bertz CT molecular complexity index is 431. The summed E-state index contributed by atoms with van der Waals surface area (Å²) in [5, 5.41) is 8.04. The average molecular weight is 281 g/mol. The van der Waals surface area contributed by atoms with E-state index in [1.54, 1.807) is 0 Å². The van der Waals surface area contributed by atoms with E-state index >= 15 is 0 Å². The van der Waals surface area contributed by atoms with Crippen molar-refractivity contribution in [2.24, 2.45) is 5.41 Å². The van der Waals surface area contributed by atoms with Gasteiger partial charge >= 0.3 is 0 Å². The minimum absolute atomic E-state index is 0.181. The van der Waals surface area contributed by atoms with Crippen LogP contribution in [-0.2, 0) is 11.3 Å². The lowest BCUT2D eigenvalue weighted by molar-refractivity contribution is -0.152. The lowest BCUT2D eigenvalue weighted by atomic mass is 9.63. The van der Waals surface area contributed by atoms with Gasteiger partial charge in [-0.2, -0.15) is 0 Å². The second-order valence-electron chi connectivity index (χ2n) is 6.20. The van der Waals surface area contributed by atoms with Gasteiger partial charge in [0.1, 0.15) is 0 Å². The van der Waals surface area contributed by atoms with Crippen LogP contribution in [0.4, 0.5) is 0 Å². The fourth-order valence-corrected chi connectivity index (χ4v) is 3.18. The zero-order valence-electron chi connectivity index (χ0n) is 13.3. The van der Waals surface area contributed by atoms with E-state index in [0.717, 1.165) is 32.5 Å². The lowest BCUT2D eigenvalue weighted by Crippen LogP contribution is -2.62. The summed E-state index contributed by atoms with van der Waals surface area (Å²) in [7, 11) is 0. The van der Waals surface area contributed by atoms with Crippen LogP contribution in [0, 0.1) is 12.3 Å². The summed E-state index contributed by atoms with van der Waals surface area (Å²) in [5.41, 5.74) is 0.181. The van der Waals surface area contributed by atoms with Crippen LogP contribution in [-0.4, -0.2) is 40.4 Å². The fraction of sp³-hybridized carbons (Fsp3) is 0.867. The van der Waals surface area contributed by atoms with E-state index in [4.69, 9.17) is 9.15 Å². The van der Waals surface area contributed by atoms with Crippen LogP contribution in [0.25, 0.3) is 0 Å². The molecule has 1 aliphatic carbocycles. The van der Waals surface area contributed by atoms with E-state index in [-0.39, 0.29) is 5.41 Å². The zero-order valence-corrected chi connectivity index (χ0v) is 13.3. The highest BCUT2D eigenvalue weighted by Gasteiger charge is 2.51. The van der Waals surface area contributed by atoms with E-state index in [0.29, 0.717) is 23.9 Å². The number of hydrogen-bond donors (Lipinski definition) is 0. The molecule has 0 N–H and O–H groups in total. The minimum Gasteiger partial charge on any atom is -0.424 e. The monoisotopic (exact) mass is 281 g/mol. The van der Waals surface area contributed by atoms with Crippen LogP contribution in [0.3, 0.4) is 0 Å². The molecule has 2 rings (SSSR count). The minimum atomic E-state index is 0.181. The average Bonchev–Trinajstić information content (AvgIpc) is 2.79. The van der Waals surface area contributed by atoms with Crippen LogP contribution in [0.15, 0.2) is 4.42 Å². The second kappa shape index (κ2) is 6.22. The summed E-state index contributed by atoms with van der Waals surface area (Å²) in [5.74, 6) is 1.35. The molecule has 1 aromatic heterocycles. The highest BCUT2D eigenvalue weighted by Crippen LogP contribution is 2.46. The summed E-state index contributed by atoms with van der Waals surface area (Å²) >= 11 is 0. The Labute approximate surface area is 121 Å². The molecule has 1 aromatic rings. The number of rotatable bonds is 7. The molecule has 5 heteroatoms. The number of aromatic nitrogens is 2. The molecule has 1 fully saturated rings. The van der Waals surface area contributed by atoms with E-state index < -0.39 is 0 Å². The maximum Gasteiger partial charge on any atom is 0.230 e. The van der Waals surface area contributed by atoms with Gasteiger partial charge in [-0.05, 0) is 26.3 Å².